The molecule has 1 aromatic heterocycles. The second-order valence-electron chi connectivity index (χ2n) is 5.79. The molecule has 0 spiro atoms. The normalized spacial score (nSPS) is 12.9. The van der Waals surface area contributed by atoms with Gasteiger partial charge in [-0.15, -0.1) is 0 Å². The number of aryl methyl sites for hydroxylation is 1. The summed E-state index contributed by atoms with van der Waals surface area (Å²) in [6, 6.07) is 13.5. The number of hydrogen-bond donors (Lipinski definition) is 0. The van der Waals surface area contributed by atoms with E-state index >= 15 is 0 Å². The molecule has 0 N–H and O–H groups in total. The summed E-state index contributed by atoms with van der Waals surface area (Å²) in [4.78, 5) is 15.8. The third kappa shape index (κ3) is 3.15. The molecule has 0 radical (unpaired) electrons. The van der Waals surface area contributed by atoms with Gasteiger partial charge in [0.15, 0.2) is 11.9 Å². The lowest BCUT2D eigenvalue weighted by Crippen LogP contribution is -2.19. The Labute approximate surface area is 146 Å². The smallest absolute Gasteiger partial charge is 0.303 e. The Kier molecular flexibility index (Phi) is 4.34. The van der Waals surface area contributed by atoms with Crippen molar-refractivity contribution in [3.63, 3.8) is 0 Å². The van der Waals surface area contributed by atoms with Gasteiger partial charge in [0.1, 0.15) is 0 Å². The molecule has 130 valence electrons. The third-order valence-electron chi connectivity index (χ3n) is 3.81. The third-order valence-corrected chi connectivity index (χ3v) is 5.54. The highest BCUT2D eigenvalue weighted by Crippen LogP contribution is 2.28. The van der Waals surface area contributed by atoms with E-state index in [9.17, 15) is 13.2 Å². The van der Waals surface area contributed by atoms with Gasteiger partial charge < -0.3 is 4.74 Å². The second-order valence-corrected chi connectivity index (χ2v) is 7.58. The minimum absolute atomic E-state index is 0.150. The molecule has 0 saturated carbocycles. The van der Waals surface area contributed by atoms with Crippen molar-refractivity contribution >= 4 is 27.0 Å². The van der Waals surface area contributed by atoms with Gasteiger partial charge in [-0.2, -0.15) is 0 Å². The standard InChI is InChI=1S/C18H18N2O4S/c1-12-8-10-15(11-9-12)25(22,23)20-17-7-5-4-6-16(17)19-18(20)13(2)24-14(3)21/h4-11,13H,1-3H3/t13-/m1/s1. The van der Waals surface area contributed by atoms with Gasteiger partial charge in [0.2, 0.25) is 0 Å². The van der Waals surface area contributed by atoms with Crippen LogP contribution >= 0.6 is 0 Å². The van der Waals surface area contributed by atoms with Crippen molar-refractivity contribution in [2.24, 2.45) is 0 Å². The first-order valence-electron chi connectivity index (χ1n) is 7.77. The minimum Gasteiger partial charge on any atom is -0.455 e. The number of fused-ring (bicyclic) bond motifs is 1. The van der Waals surface area contributed by atoms with E-state index in [0.717, 1.165) is 9.54 Å². The molecule has 25 heavy (non-hydrogen) atoms. The van der Waals surface area contributed by atoms with E-state index in [1.807, 2.05) is 6.92 Å². The van der Waals surface area contributed by atoms with Crippen LogP contribution in [0.4, 0.5) is 0 Å². The number of rotatable bonds is 4. The van der Waals surface area contributed by atoms with Crippen LogP contribution < -0.4 is 0 Å². The van der Waals surface area contributed by atoms with Crippen molar-refractivity contribution in [1.82, 2.24) is 8.96 Å². The van der Waals surface area contributed by atoms with Crippen molar-refractivity contribution in [2.75, 3.05) is 0 Å². The average Bonchev–Trinajstić information content (AvgIpc) is 2.95. The molecule has 0 aliphatic carbocycles. The summed E-state index contributed by atoms with van der Waals surface area (Å²) in [6.07, 6.45) is -0.801. The van der Waals surface area contributed by atoms with Crippen LogP contribution in [0, 0.1) is 6.92 Å². The quantitative estimate of drug-likeness (QED) is 0.669. The van der Waals surface area contributed by atoms with Crippen LogP contribution in [-0.2, 0) is 19.6 Å². The molecule has 0 unspecified atom stereocenters. The van der Waals surface area contributed by atoms with Crippen LogP contribution in [-0.4, -0.2) is 23.3 Å². The molecule has 0 aliphatic heterocycles. The highest BCUT2D eigenvalue weighted by molar-refractivity contribution is 7.90. The van der Waals surface area contributed by atoms with Crippen molar-refractivity contribution in [3.05, 3.63) is 59.9 Å². The summed E-state index contributed by atoms with van der Waals surface area (Å²) in [5.74, 6) is -0.337. The summed E-state index contributed by atoms with van der Waals surface area (Å²) in [6.45, 7) is 4.76. The minimum atomic E-state index is -3.89. The van der Waals surface area contributed by atoms with Gasteiger partial charge in [-0.25, -0.2) is 17.4 Å². The zero-order chi connectivity index (χ0) is 18.2. The molecule has 3 rings (SSSR count). The highest BCUT2D eigenvalue weighted by Gasteiger charge is 2.28. The van der Waals surface area contributed by atoms with Crippen molar-refractivity contribution in [2.45, 2.75) is 31.8 Å². The van der Waals surface area contributed by atoms with E-state index in [1.165, 1.54) is 6.92 Å². The molecule has 7 heteroatoms. The Bertz CT molecular complexity index is 1040. The molecular formula is C18H18N2O4S. The molecule has 6 nitrogen and oxygen atoms in total. The van der Waals surface area contributed by atoms with Gasteiger partial charge in [0, 0.05) is 6.92 Å². The number of carbonyl (C=O) groups excluding carboxylic acids is 1. The zero-order valence-corrected chi connectivity index (χ0v) is 14.9. The topological polar surface area (TPSA) is 78.3 Å². The van der Waals surface area contributed by atoms with Gasteiger partial charge in [0.25, 0.3) is 10.0 Å². The maximum atomic E-state index is 13.2. The van der Waals surface area contributed by atoms with Gasteiger partial charge in [-0.1, -0.05) is 29.8 Å². The van der Waals surface area contributed by atoms with Crippen LogP contribution in [0.1, 0.15) is 31.3 Å². The maximum absolute atomic E-state index is 13.2. The lowest BCUT2D eigenvalue weighted by Gasteiger charge is -2.15. The number of nitrogens with zero attached hydrogens (tertiary/aromatic N) is 2. The summed E-state index contributed by atoms with van der Waals surface area (Å²) in [5.41, 5.74) is 1.92. The molecule has 1 atom stereocenters. The Hall–Kier alpha value is -2.67. The number of esters is 1. The molecule has 2 aromatic carbocycles. The predicted octanol–water partition coefficient (Wildman–Crippen LogP) is 3.21. The number of para-hydroxylation sites is 2. The fraction of sp³-hybridized carbons (Fsp3) is 0.222. The number of imidazole rings is 1. The van der Waals surface area contributed by atoms with Gasteiger partial charge in [-0.3, -0.25) is 4.79 Å². The fourth-order valence-corrected chi connectivity index (χ4v) is 4.19. The van der Waals surface area contributed by atoms with Crippen LogP contribution in [0.2, 0.25) is 0 Å². The molecule has 1 heterocycles. The van der Waals surface area contributed by atoms with Gasteiger partial charge >= 0.3 is 5.97 Å². The van der Waals surface area contributed by atoms with Crippen LogP contribution in [0.5, 0.6) is 0 Å². The van der Waals surface area contributed by atoms with Crippen molar-refractivity contribution < 1.29 is 17.9 Å². The Morgan fingerprint density at radius 2 is 1.76 bits per heavy atom. The molecule has 0 amide bonds. The number of benzene rings is 2. The second kappa shape index (κ2) is 6.33. The van der Waals surface area contributed by atoms with Crippen molar-refractivity contribution in [3.8, 4) is 0 Å². The first kappa shape index (κ1) is 17.2. The summed E-state index contributed by atoms with van der Waals surface area (Å²) >= 11 is 0. The summed E-state index contributed by atoms with van der Waals surface area (Å²) in [5, 5.41) is 0. The molecule has 0 fully saturated rings. The van der Waals surface area contributed by atoms with Crippen LogP contribution in [0.15, 0.2) is 53.4 Å². The molecule has 0 bridgehead atoms. The van der Waals surface area contributed by atoms with E-state index in [-0.39, 0.29) is 10.7 Å². The van der Waals surface area contributed by atoms with Gasteiger partial charge in [-0.05, 0) is 38.1 Å². The number of hydrogen-bond acceptors (Lipinski definition) is 5. The SMILES string of the molecule is CC(=O)O[C@H](C)c1nc2ccccc2n1S(=O)(=O)c1ccc(C)cc1. The highest BCUT2D eigenvalue weighted by atomic mass is 32.2. The number of carbonyl (C=O) groups is 1. The monoisotopic (exact) mass is 358 g/mol. The van der Waals surface area contributed by atoms with E-state index < -0.39 is 22.1 Å². The molecule has 0 saturated heterocycles. The molecule has 0 aliphatic rings. The van der Waals surface area contributed by atoms with Gasteiger partial charge in [0.05, 0.1) is 15.9 Å². The predicted molar refractivity (Wildman–Crippen MR) is 93.7 cm³/mol. The van der Waals surface area contributed by atoms with E-state index in [1.54, 1.807) is 55.5 Å². The molecule has 3 aromatic rings. The lowest BCUT2D eigenvalue weighted by molar-refractivity contribution is -0.146. The Morgan fingerprint density at radius 1 is 1.12 bits per heavy atom. The summed E-state index contributed by atoms with van der Waals surface area (Å²) < 4.78 is 32.8. The van der Waals surface area contributed by atoms with E-state index in [0.29, 0.717) is 11.0 Å². The Balaban J connectivity index is 2.26. The Morgan fingerprint density at radius 3 is 2.40 bits per heavy atom. The largest absolute Gasteiger partial charge is 0.455 e. The first-order valence-corrected chi connectivity index (χ1v) is 9.21. The van der Waals surface area contributed by atoms with Crippen LogP contribution in [0.25, 0.3) is 11.0 Å². The number of aromatic nitrogens is 2. The van der Waals surface area contributed by atoms with Crippen LogP contribution in [0.3, 0.4) is 0 Å². The first-order chi connectivity index (χ1) is 11.8. The maximum Gasteiger partial charge on any atom is 0.303 e. The summed E-state index contributed by atoms with van der Waals surface area (Å²) in [7, 11) is -3.89. The lowest BCUT2D eigenvalue weighted by atomic mass is 10.2. The number of ether oxygens (including phenoxy) is 1. The fourth-order valence-electron chi connectivity index (χ4n) is 2.65. The zero-order valence-electron chi connectivity index (χ0n) is 14.1. The molecular weight excluding hydrogens is 340 g/mol. The van der Waals surface area contributed by atoms with E-state index in [2.05, 4.69) is 4.98 Å². The average molecular weight is 358 g/mol. The van der Waals surface area contributed by atoms with Crippen molar-refractivity contribution in [1.29, 1.82) is 0 Å². The van der Waals surface area contributed by atoms with E-state index in [4.69, 9.17) is 4.74 Å².